The van der Waals surface area contributed by atoms with Gasteiger partial charge >= 0.3 is 0 Å². The fraction of sp³-hybridized carbons (Fsp3) is 0.364. The fourth-order valence-electron chi connectivity index (χ4n) is 1.58. The van der Waals surface area contributed by atoms with Crippen LogP contribution in [0.15, 0.2) is 18.2 Å². The quantitative estimate of drug-likeness (QED) is 0.858. The molecule has 1 fully saturated rings. The molecular weight excluding hydrogens is 266 g/mol. The van der Waals surface area contributed by atoms with Crippen LogP contribution in [0.2, 0.25) is 0 Å². The predicted octanol–water partition coefficient (Wildman–Crippen LogP) is 1.31. The van der Waals surface area contributed by atoms with Gasteiger partial charge in [0.1, 0.15) is 17.7 Å². The van der Waals surface area contributed by atoms with E-state index in [0.717, 1.165) is 18.2 Å². The molecule has 0 saturated carbocycles. The van der Waals surface area contributed by atoms with Crippen molar-refractivity contribution in [1.29, 1.82) is 0 Å². The number of hydrogen-bond donors (Lipinski definition) is 2. The summed E-state index contributed by atoms with van der Waals surface area (Å²) in [6.07, 6.45) is -0.630. The molecule has 0 aromatic heterocycles. The number of nitrogens with one attached hydrogen (secondary N) is 2. The Labute approximate surface area is 109 Å². The number of halogens is 3. The first kappa shape index (κ1) is 14.8. The Balaban J connectivity index is 0.00000162. The molecule has 1 amide bonds. The van der Waals surface area contributed by atoms with Gasteiger partial charge in [-0.3, -0.25) is 4.79 Å². The normalized spacial score (nSPS) is 18.9. The molecule has 1 aromatic rings. The van der Waals surface area contributed by atoms with Gasteiger partial charge in [-0.1, -0.05) is 0 Å². The summed E-state index contributed by atoms with van der Waals surface area (Å²) in [6.45, 7) is 1.53. The molecule has 1 saturated heterocycles. The first-order valence-electron chi connectivity index (χ1n) is 5.24. The second kappa shape index (κ2) is 6.63. The zero-order chi connectivity index (χ0) is 12.3. The Morgan fingerprint density at radius 1 is 1.33 bits per heavy atom. The maximum atomic E-state index is 12.9. The largest absolute Gasteiger partial charge is 0.366 e. The van der Waals surface area contributed by atoms with Crippen LogP contribution in [0, 0.1) is 11.6 Å². The highest BCUT2D eigenvalue weighted by Gasteiger charge is 2.21. The lowest BCUT2D eigenvalue weighted by atomic mass is 10.2. The topological polar surface area (TPSA) is 50.4 Å². The van der Waals surface area contributed by atoms with E-state index < -0.39 is 23.6 Å². The van der Waals surface area contributed by atoms with Gasteiger partial charge in [-0.2, -0.15) is 0 Å². The van der Waals surface area contributed by atoms with Gasteiger partial charge in [0.15, 0.2) is 0 Å². The number of morpholine rings is 1. The summed E-state index contributed by atoms with van der Waals surface area (Å²) in [7, 11) is 0. The third kappa shape index (κ3) is 3.90. The molecule has 2 rings (SSSR count). The van der Waals surface area contributed by atoms with E-state index in [4.69, 9.17) is 4.74 Å². The molecule has 1 atom stereocenters. The zero-order valence-electron chi connectivity index (χ0n) is 9.41. The third-order valence-electron chi connectivity index (χ3n) is 2.35. The Morgan fingerprint density at radius 3 is 2.56 bits per heavy atom. The van der Waals surface area contributed by atoms with Crippen LogP contribution >= 0.6 is 12.4 Å². The van der Waals surface area contributed by atoms with E-state index in [-0.39, 0.29) is 18.1 Å². The van der Waals surface area contributed by atoms with Gasteiger partial charge in [0, 0.05) is 24.8 Å². The molecule has 1 aromatic carbocycles. The summed E-state index contributed by atoms with van der Waals surface area (Å²) in [6, 6.07) is 2.85. The van der Waals surface area contributed by atoms with Crippen molar-refractivity contribution < 1.29 is 18.3 Å². The number of ether oxygens (including phenoxy) is 1. The number of amides is 1. The van der Waals surface area contributed by atoms with Crippen molar-refractivity contribution in [3.8, 4) is 0 Å². The highest BCUT2D eigenvalue weighted by molar-refractivity contribution is 5.94. The lowest BCUT2D eigenvalue weighted by Crippen LogP contribution is -2.45. The van der Waals surface area contributed by atoms with E-state index in [0.29, 0.717) is 19.7 Å². The summed E-state index contributed by atoms with van der Waals surface area (Å²) in [5.41, 5.74) is 0.0849. The highest BCUT2D eigenvalue weighted by atomic mass is 35.5. The summed E-state index contributed by atoms with van der Waals surface area (Å²) in [4.78, 5) is 11.7. The SMILES string of the molecule is Cl.O=C(Nc1cc(F)cc(F)c1)C1CNCCO1. The molecular formula is C11H13ClF2N2O2. The van der Waals surface area contributed by atoms with Crippen molar-refractivity contribution in [3.63, 3.8) is 0 Å². The second-order valence-electron chi connectivity index (χ2n) is 3.71. The minimum absolute atomic E-state index is 0. The van der Waals surface area contributed by atoms with E-state index in [2.05, 4.69) is 10.6 Å². The van der Waals surface area contributed by atoms with E-state index in [1.165, 1.54) is 0 Å². The molecule has 1 heterocycles. The number of carbonyl (C=O) groups is 1. The van der Waals surface area contributed by atoms with Crippen molar-refractivity contribution in [2.75, 3.05) is 25.0 Å². The lowest BCUT2D eigenvalue weighted by Gasteiger charge is -2.22. The van der Waals surface area contributed by atoms with Crippen molar-refractivity contribution in [1.82, 2.24) is 5.32 Å². The molecule has 0 aliphatic carbocycles. The summed E-state index contributed by atoms with van der Waals surface area (Å²) in [5, 5.41) is 5.40. The van der Waals surface area contributed by atoms with Crippen LogP contribution in [-0.4, -0.2) is 31.7 Å². The standard InChI is InChI=1S/C11H12F2N2O2.ClH/c12-7-3-8(13)5-9(4-7)15-11(16)10-6-14-1-2-17-10;/h3-5,10,14H,1-2,6H2,(H,15,16);1H. The summed E-state index contributed by atoms with van der Waals surface area (Å²) in [5.74, 6) is -1.88. The van der Waals surface area contributed by atoms with Gasteiger partial charge in [0.25, 0.3) is 5.91 Å². The van der Waals surface area contributed by atoms with Crippen molar-refractivity contribution >= 4 is 24.0 Å². The summed E-state index contributed by atoms with van der Waals surface area (Å²) < 4.78 is 31.0. The number of rotatable bonds is 2. The molecule has 18 heavy (non-hydrogen) atoms. The van der Waals surface area contributed by atoms with Gasteiger partial charge in [-0.05, 0) is 12.1 Å². The first-order chi connectivity index (χ1) is 8.15. The lowest BCUT2D eigenvalue weighted by molar-refractivity contribution is -0.128. The predicted molar refractivity (Wildman–Crippen MR) is 64.8 cm³/mol. The third-order valence-corrected chi connectivity index (χ3v) is 2.35. The van der Waals surface area contributed by atoms with Crippen LogP contribution in [0.1, 0.15) is 0 Å². The minimum Gasteiger partial charge on any atom is -0.366 e. The van der Waals surface area contributed by atoms with Crippen molar-refractivity contribution in [2.24, 2.45) is 0 Å². The Bertz CT molecular complexity index is 405. The Morgan fingerprint density at radius 2 is 2.00 bits per heavy atom. The van der Waals surface area contributed by atoms with E-state index in [1.807, 2.05) is 0 Å². The van der Waals surface area contributed by atoms with E-state index in [9.17, 15) is 13.6 Å². The average molecular weight is 279 g/mol. The molecule has 7 heteroatoms. The van der Waals surface area contributed by atoms with Gasteiger partial charge in [-0.15, -0.1) is 12.4 Å². The molecule has 1 aliphatic heterocycles. The maximum Gasteiger partial charge on any atom is 0.254 e. The van der Waals surface area contributed by atoms with Crippen molar-refractivity contribution in [2.45, 2.75) is 6.10 Å². The molecule has 4 nitrogen and oxygen atoms in total. The van der Waals surface area contributed by atoms with Crippen LogP contribution < -0.4 is 10.6 Å². The highest BCUT2D eigenvalue weighted by Crippen LogP contribution is 2.13. The average Bonchev–Trinajstić information content (AvgIpc) is 2.28. The van der Waals surface area contributed by atoms with Crippen LogP contribution in [0.25, 0.3) is 0 Å². The van der Waals surface area contributed by atoms with E-state index >= 15 is 0 Å². The monoisotopic (exact) mass is 278 g/mol. The number of anilines is 1. The summed E-state index contributed by atoms with van der Waals surface area (Å²) >= 11 is 0. The van der Waals surface area contributed by atoms with Gasteiger partial charge in [-0.25, -0.2) is 8.78 Å². The molecule has 2 N–H and O–H groups in total. The van der Waals surface area contributed by atoms with Crippen LogP contribution in [0.4, 0.5) is 14.5 Å². The maximum absolute atomic E-state index is 12.9. The molecule has 1 aliphatic rings. The van der Waals surface area contributed by atoms with Crippen LogP contribution in [0.3, 0.4) is 0 Å². The smallest absolute Gasteiger partial charge is 0.254 e. The zero-order valence-corrected chi connectivity index (χ0v) is 10.2. The molecule has 1 unspecified atom stereocenters. The molecule has 100 valence electrons. The fourth-order valence-corrected chi connectivity index (χ4v) is 1.58. The van der Waals surface area contributed by atoms with Gasteiger partial charge < -0.3 is 15.4 Å². The Kier molecular flexibility index (Phi) is 5.46. The van der Waals surface area contributed by atoms with E-state index in [1.54, 1.807) is 0 Å². The number of hydrogen-bond acceptors (Lipinski definition) is 3. The van der Waals surface area contributed by atoms with Gasteiger partial charge in [0.05, 0.1) is 6.61 Å². The van der Waals surface area contributed by atoms with Crippen LogP contribution in [-0.2, 0) is 9.53 Å². The van der Waals surface area contributed by atoms with Gasteiger partial charge in [0.2, 0.25) is 0 Å². The first-order valence-corrected chi connectivity index (χ1v) is 5.24. The number of benzene rings is 1. The molecule has 0 bridgehead atoms. The molecule has 0 spiro atoms. The molecule has 0 radical (unpaired) electrons. The van der Waals surface area contributed by atoms with Crippen molar-refractivity contribution in [3.05, 3.63) is 29.8 Å². The Hall–Kier alpha value is -1.24. The second-order valence-corrected chi connectivity index (χ2v) is 3.71. The minimum atomic E-state index is -0.733. The van der Waals surface area contributed by atoms with Crippen LogP contribution in [0.5, 0.6) is 0 Å². The number of carbonyl (C=O) groups excluding carboxylic acids is 1.